The Balaban J connectivity index is 2.16. The summed E-state index contributed by atoms with van der Waals surface area (Å²) in [5.41, 5.74) is 1.72. The van der Waals surface area contributed by atoms with E-state index >= 15 is 0 Å². The van der Waals surface area contributed by atoms with Crippen LogP contribution in [0.1, 0.15) is 0 Å². The Labute approximate surface area is 219 Å². The molecule has 0 saturated heterocycles. The molecule has 4 aromatic carbocycles. The molecule has 0 aromatic heterocycles. The van der Waals surface area contributed by atoms with Gasteiger partial charge in [0.25, 0.3) is 0 Å². The number of aliphatic hydroxyl groups excluding tert-OH is 2. The number of halogens is 4. The van der Waals surface area contributed by atoms with Gasteiger partial charge in [-0.25, -0.2) is 0 Å². The molecule has 0 spiro atoms. The minimum absolute atomic E-state index is 0.0999. The molecule has 2 N–H and O–H groups in total. The minimum Gasteiger partial charge on any atom is -0.490 e. The second kappa shape index (κ2) is 10.4. The molecule has 0 heterocycles. The Kier molecular flexibility index (Phi) is 7.80. The van der Waals surface area contributed by atoms with Crippen LogP contribution in [0.5, 0.6) is 11.5 Å². The highest BCUT2D eigenvalue weighted by Crippen LogP contribution is 2.49. The monoisotopic (exact) mass is 686 g/mol. The Morgan fingerprint density at radius 3 is 1.34 bits per heavy atom. The van der Waals surface area contributed by atoms with E-state index in [2.05, 4.69) is 63.7 Å². The first kappa shape index (κ1) is 24.0. The lowest BCUT2D eigenvalue weighted by molar-refractivity contribution is 0.200. The maximum absolute atomic E-state index is 9.41. The molecule has 0 aliphatic heterocycles. The van der Waals surface area contributed by atoms with Gasteiger partial charge >= 0.3 is 0 Å². The zero-order chi connectivity index (χ0) is 22.8. The maximum Gasteiger partial charge on any atom is 0.129 e. The molecule has 0 fully saturated rings. The first-order valence-corrected chi connectivity index (χ1v) is 12.9. The topological polar surface area (TPSA) is 58.9 Å². The standard InChI is InChI=1S/C24H18Br4O4/c25-13-1-3-15-17(9-13)19(27)11-21(31-7-5-29)23(15)24-16-4-2-14(26)10-18(16)20(28)12-22(24)32-8-6-30/h1-4,9-12,29-30H,5-8H2. The highest BCUT2D eigenvalue weighted by Gasteiger charge is 2.22. The van der Waals surface area contributed by atoms with E-state index in [0.717, 1.165) is 50.6 Å². The van der Waals surface area contributed by atoms with Gasteiger partial charge in [-0.05, 0) is 57.9 Å². The fourth-order valence-corrected chi connectivity index (χ4v) is 5.51. The molecule has 0 bridgehead atoms. The first-order valence-electron chi connectivity index (χ1n) is 9.75. The fraction of sp³-hybridized carbons (Fsp3) is 0.167. The maximum atomic E-state index is 9.41. The van der Waals surface area contributed by atoms with Crippen molar-refractivity contribution in [1.29, 1.82) is 0 Å². The molecule has 4 rings (SSSR count). The van der Waals surface area contributed by atoms with Gasteiger partial charge in [-0.3, -0.25) is 0 Å². The van der Waals surface area contributed by atoms with Gasteiger partial charge in [0, 0.05) is 29.0 Å². The third-order valence-corrected chi connectivity index (χ3v) is 7.27. The number of rotatable bonds is 7. The van der Waals surface area contributed by atoms with Crippen molar-refractivity contribution in [2.24, 2.45) is 0 Å². The average Bonchev–Trinajstić information content (AvgIpc) is 2.77. The average molecular weight is 690 g/mol. The zero-order valence-corrected chi connectivity index (χ0v) is 23.0. The first-order chi connectivity index (χ1) is 15.4. The molecule has 0 aliphatic rings. The summed E-state index contributed by atoms with van der Waals surface area (Å²) < 4.78 is 15.7. The van der Waals surface area contributed by atoms with E-state index in [-0.39, 0.29) is 26.4 Å². The number of aliphatic hydroxyl groups is 2. The molecule has 32 heavy (non-hydrogen) atoms. The Hall–Kier alpha value is -1.16. The predicted octanol–water partition coefficient (Wildman–Crippen LogP) is 7.45. The second-order valence-electron chi connectivity index (χ2n) is 6.99. The highest BCUT2D eigenvalue weighted by atomic mass is 79.9. The van der Waals surface area contributed by atoms with Crippen molar-refractivity contribution in [3.05, 3.63) is 66.4 Å². The molecule has 0 aliphatic carbocycles. The number of hydrogen-bond acceptors (Lipinski definition) is 4. The minimum atomic E-state index is -0.0999. The summed E-state index contributed by atoms with van der Waals surface area (Å²) >= 11 is 14.5. The van der Waals surface area contributed by atoms with Crippen LogP contribution in [-0.2, 0) is 0 Å². The van der Waals surface area contributed by atoms with Gasteiger partial charge in [0.2, 0.25) is 0 Å². The van der Waals surface area contributed by atoms with E-state index in [0.29, 0.717) is 11.5 Å². The van der Waals surface area contributed by atoms with Crippen LogP contribution in [0.25, 0.3) is 32.7 Å². The molecule has 0 atom stereocenters. The summed E-state index contributed by atoms with van der Waals surface area (Å²) in [5, 5.41) is 22.8. The molecule has 0 unspecified atom stereocenters. The summed E-state index contributed by atoms with van der Waals surface area (Å²) in [6, 6.07) is 16.0. The number of fused-ring (bicyclic) bond motifs is 2. The van der Waals surface area contributed by atoms with Gasteiger partial charge in [0.15, 0.2) is 0 Å². The second-order valence-corrected chi connectivity index (χ2v) is 10.5. The molecule has 0 amide bonds. The highest BCUT2D eigenvalue weighted by molar-refractivity contribution is 9.11. The third-order valence-electron chi connectivity index (χ3n) is 4.97. The van der Waals surface area contributed by atoms with E-state index in [1.54, 1.807) is 0 Å². The van der Waals surface area contributed by atoms with E-state index in [1.165, 1.54) is 0 Å². The summed E-state index contributed by atoms with van der Waals surface area (Å²) in [5.74, 6) is 1.25. The molecule has 8 heteroatoms. The number of hydrogen-bond donors (Lipinski definition) is 2. The van der Waals surface area contributed by atoms with Crippen molar-refractivity contribution in [2.45, 2.75) is 0 Å². The van der Waals surface area contributed by atoms with Crippen molar-refractivity contribution in [2.75, 3.05) is 26.4 Å². The molecular formula is C24H18Br4O4. The largest absolute Gasteiger partial charge is 0.490 e. The van der Waals surface area contributed by atoms with Crippen LogP contribution in [-0.4, -0.2) is 36.6 Å². The van der Waals surface area contributed by atoms with Gasteiger partial charge in [-0.1, -0.05) is 75.9 Å². The van der Waals surface area contributed by atoms with Gasteiger partial charge in [0.05, 0.1) is 13.2 Å². The van der Waals surface area contributed by atoms with Crippen molar-refractivity contribution in [1.82, 2.24) is 0 Å². The summed E-state index contributed by atoms with van der Waals surface area (Å²) in [7, 11) is 0. The Morgan fingerprint density at radius 2 is 0.969 bits per heavy atom. The molecule has 4 aromatic rings. The number of ether oxygens (including phenoxy) is 2. The fourth-order valence-electron chi connectivity index (χ4n) is 3.71. The zero-order valence-electron chi connectivity index (χ0n) is 16.7. The van der Waals surface area contributed by atoms with Crippen molar-refractivity contribution < 1.29 is 19.7 Å². The lowest BCUT2D eigenvalue weighted by Crippen LogP contribution is -2.06. The third kappa shape index (κ3) is 4.72. The SMILES string of the molecule is OCCOc1cc(Br)c2cc(Br)ccc2c1-c1c(OCCO)cc(Br)c2cc(Br)ccc12. The van der Waals surface area contributed by atoms with E-state index in [1.807, 2.05) is 48.5 Å². The molecular weight excluding hydrogens is 672 g/mol. The van der Waals surface area contributed by atoms with Gasteiger partial charge < -0.3 is 19.7 Å². The van der Waals surface area contributed by atoms with E-state index in [9.17, 15) is 10.2 Å². The Morgan fingerprint density at radius 1 is 0.562 bits per heavy atom. The summed E-state index contributed by atoms with van der Waals surface area (Å²) in [6.07, 6.45) is 0. The summed E-state index contributed by atoms with van der Waals surface area (Å²) in [4.78, 5) is 0. The van der Waals surface area contributed by atoms with Crippen molar-refractivity contribution in [3.8, 4) is 22.6 Å². The lowest BCUT2D eigenvalue weighted by Gasteiger charge is -2.21. The van der Waals surface area contributed by atoms with Gasteiger partial charge in [0.1, 0.15) is 24.7 Å². The molecule has 0 radical (unpaired) electrons. The van der Waals surface area contributed by atoms with Crippen LogP contribution in [0.15, 0.2) is 66.4 Å². The van der Waals surface area contributed by atoms with Crippen molar-refractivity contribution >= 4 is 85.3 Å². The van der Waals surface area contributed by atoms with Crippen LogP contribution >= 0.6 is 63.7 Å². The quantitative estimate of drug-likeness (QED) is 0.212. The van der Waals surface area contributed by atoms with Crippen LogP contribution in [0.4, 0.5) is 0 Å². The van der Waals surface area contributed by atoms with Gasteiger partial charge in [-0.2, -0.15) is 0 Å². The molecule has 4 nitrogen and oxygen atoms in total. The van der Waals surface area contributed by atoms with Crippen molar-refractivity contribution in [3.63, 3.8) is 0 Å². The normalized spacial score (nSPS) is 11.3. The van der Waals surface area contributed by atoms with Gasteiger partial charge in [-0.15, -0.1) is 0 Å². The predicted molar refractivity (Wildman–Crippen MR) is 143 cm³/mol. The smallest absolute Gasteiger partial charge is 0.129 e. The van der Waals surface area contributed by atoms with Crippen LogP contribution in [0.3, 0.4) is 0 Å². The molecule has 166 valence electrons. The number of benzene rings is 4. The van der Waals surface area contributed by atoms with E-state index < -0.39 is 0 Å². The van der Waals surface area contributed by atoms with Crippen LogP contribution in [0.2, 0.25) is 0 Å². The molecule has 0 saturated carbocycles. The van der Waals surface area contributed by atoms with Crippen LogP contribution in [0, 0.1) is 0 Å². The van der Waals surface area contributed by atoms with E-state index in [4.69, 9.17) is 9.47 Å². The lowest BCUT2D eigenvalue weighted by atomic mass is 9.92. The summed E-state index contributed by atoms with van der Waals surface area (Å²) in [6.45, 7) is 0.122. The Bertz CT molecular complexity index is 1210. The van der Waals surface area contributed by atoms with Crippen LogP contribution < -0.4 is 9.47 Å².